The molecule has 17 heavy (non-hydrogen) atoms. The zero-order chi connectivity index (χ0) is 12.3. The van der Waals surface area contributed by atoms with Gasteiger partial charge in [0.15, 0.2) is 0 Å². The first kappa shape index (κ1) is 12.3. The average Bonchev–Trinajstić information content (AvgIpc) is 2.87. The lowest BCUT2D eigenvalue weighted by molar-refractivity contribution is 0.0957. The van der Waals surface area contributed by atoms with E-state index in [0.717, 1.165) is 21.3 Å². The van der Waals surface area contributed by atoms with Crippen LogP contribution >= 0.6 is 27.3 Å². The topological polar surface area (TPSA) is 46.9 Å². The van der Waals surface area contributed by atoms with Crippen molar-refractivity contribution in [2.24, 2.45) is 7.05 Å². The molecule has 0 saturated carbocycles. The number of hydrogen-bond acceptors (Lipinski definition) is 3. The quantitative estimate of drug-likeness (QED) is 0.940. The lowest BCUT2D eigenvalue weighted by atomic mass is 10.2. The van der Waals surface area contributed by atoms with Crippen LogP contribution in [0.5, 0.6) is 0 Å². The Labute approximate surface area is 112 Å². The molecule has 2 rings (SSSR count). The first-order chi connectivity index (χ1) is 8.16. The molecule has 4 nitrogen and oxygen atoms in total. The van der Waals surface area contributed by atoms with E-state index in [2.05, 4.69) is 26.3 Å². The largest absolute Gasteiger partial charge is 0.351 e. The second-order valence-corrected chi connectivity index (χ2v) is 5.40. The fourth-order valence-corrected chi connectivity index (χ4v) is 2.92. The fourth-order valence-electron chi connectivity index (χ4n) is 1.46. The minimum atomic E-state index is -0.0317. The number of aromatic nitrogens is 2. The van der Waals surface area contributed by atoms with E-state index in [9.17, 15) is 4.79 Å². The van der Waals surface area contributed by atoms with Crippen molar-refractivity contribution in [3.8, 4) is 0 Å². The van der Waals surface area contributed by atoms with E-state index >= 15 is 0 Å². The van der Waals surface area contributed by atoms with Gasteiger partial charge in [-0.1, -0.05) is 0 Å². The molecule has 0 aliphatic rings. The number of aryl methyl sites for hydroxylation is 1. The molecule has 90 valence electrons. The van der Waals surface area contributed by atoms with Crippen LogP contribution in [0.1, 0.15) is 15.2 Å². The van der Waals surface area contributed by atoms with E-state index in [1.54, 1.807) is 4.68 Å². The molecule has 0 aromatic carbocycles. The van der Waals surface area contributed by atoms with Crippen LogP contribution in [-0.4, -0.2) is 22.2 Å². The summed E-state index contributed by atoms with van der Waals surface area (Å²) in [5, 5.41) is 8.85. The maximum absolute atomic E-state index is 11.8. The van der Waals surface area contributed by atoms with Crippen molar-refractivity contribution in [2.75, 3.05) is 6.54 Å². The zero-order valence-electron chi connectivity index (χ0n) is 9.31. The standard InChI is InChI=1S/C11H12BrN3OS/c1-15-7-8(6-14-15)2-4-13-11(16)10-9(12)3-5-17-10/h3,5-7H,2,4H2,1H3,(H,13,16). The van der Waals surface area contributed by atoms with Gasteiger partial charge >= 0.3 is 0 Å². The van der Waals surface area contributed by atoms with Gasteiger partial charge in [0.05, 0.1) is 6.20 Å². The third kappa shape index (κ3) is 3.17. The summed E-state index contributed by atoms with van der Waals surface area (Å²) in [6, 6.07) is 1.88. The molecular formula is C11H12BrN3OS. The number of carbonyl (C=O) groups excluding carboxylic acids is 1. The Hall–Kier alpha value is -1.14. The Morgan fingerprint density at radius 1 is 1.65 bits per heavy atom. The lowest BCUT2D eigenvalue weighted by Crippen LogP contribution is -2.25. The fraction of sp³-hybridized carbons (Fsp3) is 0.273. The van der Waals surface area contributed by atoms with E-state index in [-0.39, 0.29) is 5.91 Å². The van der Waals surface area contributed by atoms with Gasteiger partial charge in [0.1, 0.15) is 4.88 Å². The highest BCUT2D eigenvalue weighted by molar-refractivity contribution is 9.10. The van der Waals surface area contributed by atoms with Crippen molar-refractivity contribution in [1.82, 2.24) is 15.1 Å². The molecule has 0 bridgehead atoms. The van der Waals surface area contributed by atoms with Crippen molar-refractivity contribution >= 4 is 33.2 Å². The average molecular weight is 314 g/mol. The van der Waals surface area contributed by atoms with E-state index in [4.69, 9.17) is 0 Å². The van der Waals surface area contributed by atoms with Crippen LogP contribution in [-0.2, 0) is 13.5 Å². The van der Waals surface area contributed by atoms with Crippen molar-refractivity contribution < 1.29 is 4.79 Å². The van der Waals surface area contributed by atoms with Gasteiger partial charge in [0.25, 0.3) is 5.91 Å². The van der Waals surface area contributed by atoms with Crippen LogP contribution in [0.4, 0.5) is 0 Å². The molecule has 1 amide bonds. The summed E-state index contributed by atoms with van der Waals surface area (Å²) in [5.41, 5.74) is 1.12. The maximum atomic E-state index is 11.8. The van der Waals surface area contributed by atoms with Crippen LogP contribution in [0.15, 0.2) is 28.3 Å². The Morgan fingerprint density at radius 3 is 3.06 bits per heavy atom. The Balaban J connectivity index is 1.83. The Bertz CT molecular complexity index is 520. The molecule has 2 aromatic heterocycles. The highest BCUT2D eigenvalue weighted by Crippen LogP contribution is 2.22. The lowest BCUT2D eigenvalue weighted by Gasteiger charge is -2.02. The second kappa shape index (κ2) is 5.46. The SMILES string of the molecule is Cn1cc(CCNC(=O)c2sccc2Br)cn1. The van der Waals surface area contributed by atoms with Gasteiger partial charge in [-0.2, -0.15) is 5.10 Å². The summed E-state index contributed by atoms with van der Waals surface area (Å²) in [7, 11) is 1.88. The molecule has 6 heteroatoms. The first-order valence-electron chi connectivity index (χ1n) is 5.15. The van der Waals surface area contributed by atoms with Crippen LogP contribution in [0.2, 0.25) is 0 Å². The predicted molar refractivity (Wildman–Crippen MR) is 71.3 cm³/mol. The van der Waals surface area contributed by atoms with Gasteiger partial charge in [-0.15, -0.1) is 11.3 Å². The van der Waals surface area contributed by atoms with Crippen LogP contribution < -0.4 is 5.32 Å². The van der Waals surface area contributed by atoms with Gasteiger partial charge in [0.2, 0.25) is 0 Å². The molecule has 0 aliphatic heterocycles. The van der Waals surface area contributed by atoms with Gasteiger partial charge in [-0.3, -0.25) is 9.48 Å². The van der Waals surface area contributed by atoms with Crippen LogP contribution in [0, 0.1) is 0 Å². The number of nitrogens with zero attached hydrogens (tertiary/aromatic N) is 2. The van der Waals surface area contributed by atoms with Gasteiger partial charge in [-0.25, -0.2) is 0 Å². The number of thiophene rings is 1. The maximum Gasteiger partial charge on any atom is 0.262 e. The van der Waals surface area contributed by atoms with Gasteiger partial charge in [-0.05, 0) is 39.4 Å². The highest BCUT2D eigenvalue weighted by Gasteiger charge is 2.10. The highest BCUT2D eigenvalue weighted by atomic mass is 79.9. The smallest absolute Gasteiger partial charge is 0.262 e. The Morgan fingerprint density at radius 2 is 2.47 bits per heavy atom. The number of carbonyl (C=O) groups is 1. The van der Waals surface area contributed by atoms with E-state index in [0.29, 0.717) is 6.54 Å². The summed E-state index contributed by atoms with van der Waals surface area (Å²) in [6.45, 7) is 0.620. The van der Waals surface area contributed by atoms with Crippen LogP contribution in [0.25, 0.3) is 0 Å². The van der Waals surface area contributed by atoms with E-state index < -0.39 is 0 Å². The molecule has 0 aliphatic carbocycles. The summed E-state index contributed by atoms with van der Waals surface area (Å²) < 4.78 is 2.61. The Kier molecular flexibility index (Phi) is 3.96. The zero-order valence-corrected chi connectivity index (χ0v) is 11.7. The molecule has 0 saturated heterocycles. The monoisotopic (exact) mass is 313 g/mol. The number of hydrogen-bond donors (Lipinski definition) is 1. The molecule has 0 atom stereocenters. The van der Waals surface area contributed by atoms with E-state index in [1.807, 2.05) is 30.9 Å². The molecule has 0 fully saturated rings. The molecule has 0 unspecified atom stereocenters. The van der Waals surface area contributed by atoms with Crippen molar-refractivity contribution in [2.45, 2.75) is 6.42 Å². The van der Waals surface area contributed by atoms with Gasteiger partial charge in [0, 0.05) is 24.3 Å². The number of halogens is 1. The molecular weight excluding hydrogens is 302 g/mol. The minimum Gasteiger partial charge on any atom is -0.351 e. The second-order valence-electron chi connectivity index (χ2n) is 3.63. The molecule has 0 radical (unpaired) electrons. The first-order valence-corrected chi connectivity index (χ1v) is 6.83. The summed E-state index contributed by atoms with van der Waals surface area (Å²) in [6.07, 6.45) is 4.56. The van der Waals surface area contributed by atoms with Crippen molar-refractivity contribution in [3.63, 3.8) is 0 Å². The number of nitrogens with one attached hydrogen (secondary N) is 1. The number of rotatable bonds is 4. The summed E-state index contributed by atoms with van der Waals surface area (Å²) in [4.78, 5) is 12.5. The minimum absolute atomic E-state index is 0.0317. The third-order valence-corrected chi connectivity index (χ3v) is 4.12. The van der Waals surface area contributed by atoms with Crippen LogP contribution in [0.3, 0.4) is 0 Å². The molecule has 1 N–H and O–H groups in total. The number of amides is 1. The normalized spacial score (nSPS) is 10.5. The van der Waals surface area contributed by atoms with Crippen molar-refractivity contribution in [3.05, 3.63) is 38.8 Å². The van der Waals surface area contributed by atoms with E-state index in [1.165, 1.54) is 11.3 Å². The molecule has 0 spiro atoms. The van der Waals surface area contributed by atoms with Gasteiger partial charge < -0.3 is 5.32 Å². The predicted octanol–water partition coefficient (Wildman–Crippen LogP) is 2.22. The molecule has 2 heterocycles. The van der Waals surface area contributed by atoms with Crippen molar-refractivity contribution in [1.29, 1.82) is 0 Å². The summed E-state index contributed by atoms with van der Waals surface area (Å²) in [5.74, 6) is -0.0317. The molecule has 2 aromatic rings. The third-order valence-electron chi connectivity index (χ3n) is 2.28. The summed E-state index contributed by atoms with van der Waals surface area (Å²) >= 11 is 4.78.